The molecule has 0 saturated heterocycles. The number of alkyl halides is 3. The molecule has 0 saturated carbocycles. The Bertz CT molecular complexity index is 396. The molecule has 0 aliphatic rings. The summed E-state index contributed by atoms with van der Waals surface area (Å²) in [5.74, 6) is 0. The molecular weight excluding hydrogens is 292 g/mol. The minimum absolute atomic E-state index is 0.148. The zero-order valence-corrected chi connectivity index (χ0v) is 10.7. The Hall–Kier alpha value is -0.490. The molecule has 1 unspecified atom stereocenters. The topological polar surface area (TPSA) is 29.5 Å². The quantitative estimate of drug-likeness (QED) is 0.902. The molecule has 7 heteroatoms. The molecule has 1 aromatic rings. The number of ether oxygens (including phenoxy) is 1. The van der Waals surface area contributed by atoms with Crippen LogP contribution >= 0.6 is 23.2 Å². The van der Waals surface area contributed by atoms with Gasteiger partial charge in [-0.3, -0.25) is 0 Å². The van der Waals surface area contributed by atoms with Crippen molar-refractivity contribution in [3.8, 4) is 0 Å². The van der Waals surface area contributed by atoms with Crippen LogP contribution in [0.15, 0.2) is 18.2 Å². The zero-order valence-electron chi connectivity index (χ0n) is 9.18. The molecule has 1 N–H and O–H groups in total. The number of hydrogen-bond acceptors (Lipinski definition) is 2. The molecule has 1 aromatic carbocycles. The van der Waals surface area contributed by atoms with Crippen molar-refractivity contribution in [2.75, 3.05) is 13.2 Å². The average Bonchev–Trinajstić information content (AvgIpc) is 2.21. The normalized spacial score (nSPS) is 13.7. The SMILES string of the molecule is OC(COCC(F)(F)F)Cc1ccc(Cl)c(Cl)c1. The molecule has 1 atom stereocenters. The summed E-state index contributed by atoms with van der Waals surface area (Å²) in [6.07, 6.45) is -5.26. The van der Waals surface area contributed by atoms with Gasteiger partial charge in [0.2, 0.25) is 0 Å². The van der Waals surface area contributed by atoms with Gasteiger partial charge in [-0.25, -0.2) is 0 Å². The third-order valence-corrected chi connectivity index (χ3v) is 2.77. The minimum atomic E-state index is -4.39. The second-order valence-electron chi connectivity index (χ2n) is 3.74. The number of hydrogen-bond donors (Lipinski definition) is 1. The third kappa shape index (κ3) is 5.91. The number of aliphatic hydroxyl groups excluding tert-OH is 1. The van der Waals surface area contributed by atoms with E-state index in [1.807, 2.05) is 0 Å². The molecule has 0 radical (unpaired) electrons. The zero-order chi connectivity index (χ0) is 13.8. The van der Waals surface area contributed by atoms with E-state index in [1.54, 1.807) is 18.2 Å². The molecule has 0 spiro atoms. The van der Waals surface area contributed by atoms with Gasteiger partial charge in [-0.05, 0) is 17.7 Å². The summed E-state index contributed by atoms with van der Waals surface area (Å²) in [6.45, 7) is -1.76. The van der Waals surface area contributed by atoms with Crippen molar-refractivity contribution in [1.29, 1.82) is 0 Å². The third-order valence-electron chi connectivity index (χ3n) is 2.03. The first kappa shape index (κ1) is 15.6. The maximum absolute atomic E-state index is 11.8. The van der Waals surface area contributed by atoms with Crippen LogP contribution in [-0.4, -0.2) is 30.6 Å². The minimum Gasteiger partial charge on any atom is -0.390 e. The predicted octanol–water partition coefficient (Wildman–Crippen LogP) is 3.48. The number of halogens is 5. The van der Waals surface area contributed by atoms with E-state index in [9.17, 15) is 18.3 Å². The first-order valence-electron chi connectivity index (χ1n) is 5.04. The van der Waals surface area contributed by atoms with Crippen LogP contribution in [0.25, 0.3) is 0 Å². The van der Waals surface area contributed by atoms with E-state index in [1.165, 1.54) is 0 Å². The van der Waals surface area contributed by atoms with Gasteiger partial charge < -0.3 is 9.84 Å². The fraction of sp³-hybridized carbons (Fsp3) is 0.455. The summed E-state index contributed by atoms with van der Waals surface area (Å²) in [4.78, 5) is 0. The van der Waals surface area contributed by atoms with Crippen LogP contribution in [0.1, 0.15) is 5.56 Å². The lowest BCUT2D eigenvalue weighted by molar-refractivity contribution is -0.179. The van der Waals surface area contributed by atoms with E-state index in [4.69, 9.17) is 23.2 Å². The fourth-order valence-electron chi connectivity index (χ4n) is 1.31. The van der Waals surface area contributed by atoms with Crippen molar-refractivity contribution in [2.45, 2.75) is 18.7 Å². The highest BCUT2D eigenvalue weighted by Crippen LogP contribution is 2.23. The van der Waals surface area contributed by atoms with Gasteiger partial charge in [-0.1, -0.05) is 29.3 Å². The number of aliphatic hydroxyl groups is 1. The number of rotatable bonds is 5. The molecular formula is C11H11Cl2F3O2. The Balaban J connectivity index is 2.40. The standard InChI is InChI=1S/C11H11Cl2F3O2/c12-9-2-1-7(4-10(9)13)3-8(17)5-18-6-11(14,15)16/h1-2,4,8,17H,3,5-6H2. The summed E-state index contributed by atoms with van der Waals surface area (Å²) in [6, 6.07) is 4.75. The molecule has 0 amide bonds. The van der Waals surface area contributed by atoms with Crippen LogP contribution in [0.5, 0.6) is 0 Å². The Labute approximate surface area is 112 Å². The van der Waals surface area contributed by atoms with E-state index in [2.05, 4.69) is 4.74 Å². The number of benzene rings is 1. The smallest absolute Gasteiger partial charge is 0.390 e. The largest absolute Gasteiger partial charge is 0.411 e. The molecule has 0 aliphatic carbocycles. The summed E-state index contributed by atoms with van der Waals surface area (Å²) in [5, 5.41) is 10.2. The van der Waals surface area contributed by atoms with Gasteiger partial charge >= 0.3 is 6.18 Å². The monoisotopic (exact) mass is 302 g/mol. The van der Waals surface area contributed by atoms with Gasteiger partial charge in [0.1, 0.15) is 6.61 Å². The highest BCUT2D eigenvalue weighted by atomic mass is 35.5. The van der Waals surface area contributed by atoms with Crippen molar-refractivity contribution >= 4 is 23.2 Å². The molecule has 2 nitrogen and oxygen atoms in total. The van der Waals surface area contributed by atoms with Crippen molar-refractivity contribution in [3.63, 3.8) is 0 Å². The summed E-state index contributed by atoms with van der Waals surface area (Å²) >= 11 is 11.5. The maximum Gasteiger partial charge on any atom is 0.411 e. The van der Waals surface area contributed by atoms with Crippen molar-refractivity contribution < 1.29 is 23.0 Å². The molecule has 18 heavy (non-hydrogen) atoms. The Morgan fingerprint density at radius 1 is 1.22 bits per heavy atom. The highest BCUT2D eigenvalue weighted by molar-refractivity contribution is 6.42. The van der Waals surface area contributed by atoms with Gasteiger partial charge in [0.15, 0.2) is 0 Å². The summed E-state index contributed by atoms with van der Waals surface area (Å²) < 4.78 is 39.7. The van der Waals surface area contributed by atoms with Gasteiger partial charge in [0.05, 0.1) is 22.8 Å². The predicted molar refractivity (Wildman–Crippen MR) is 63.0 cm³/mol. The van der Waals surface area contributed by atoms with Crippen molar-refractivity contribution in [2.24, 2.45) is 0 Å². The second-order valence-corrected chi connectivity index (χ2v) is 4.55. The lowest BCUT2D eigenvalue weighted by atomic mass is 10.1. The first-order valence-corrected chi connectivity index (χ1v) is 5.80. The van der Waals surface area contributed by atoms with E-state index in [0.29, 0.717) is 15.6 Å². The van der Waals surface area contributed by atoms with E-state index in [0.717, 1.165) is 0 Å². The summed E-state index contributed by atoms with van der Waals surface area (Å²) in [7, 11) is 0. The molecule has 0 fully saturated rings. The van der Waals surface area contributed by atoms with Crippen LogP contribution in [-0.2, 0) is 11.2 Å². The maximum atomic E-state index is 11.8. The molecule has 0 aromatic heterocycles. The highest BCUT2D eigenvalue weighted by Gasteiger charge is 2.27. The lowest BCUT2D eigenvalue weighted by Crippen LogP contribution is -2.24. The first-order chi connectivity index (χ1) is 8.28. The molecule has 1 rings (SSSR count). The van der Waals surface area contributed by atoms with Crippen LogP contribution in [0.4, 0.5) is 13.2 Å². The van der Waals surface area contributed by atoms with Crippen LogP contribution < -0.4 is 0 Å². The van der Waals surface area contributed by atoms with Crippen LogP contribution in [0.3, 0.4) is 0 Å². The van der Waals surface area contributed by atoms with E-state index >= 15 is 0 Å². The van der Waals surface area contributed by atoms with Crippen LogP contribution in [0, 0.1) is 0 Å². The van der Waals surface area contributed by atoms with Crippen molar-refractivity contribution in [1.82, 2.24) is 0 Å². The van der Waals surface area contributed by atoms with Gasteiger partial charge in [0, 0.05) is 6.42 Å². The Morgan fingerprint density at radius 2 is 1.89 bits per heavy atom. The van der Waals surface area contributed by atoms with E-state index < -0.39 is 18.9 Å². The van der Waals surface area contributed by atoms with Crippen molar-refractivity contribution in [3.05, 3.63) is 33.8 Å². The van der Waals surface area contributed by atoms with Gasteiger partial charge in [0.25, 0.3) is 0 Å². The van der Waals surface area contributed by atoms with E-state index in [-0.39, 0.29) is 13.0 Å². The Morgan fingerprint density at radius 3 is 2.44 bits per heavy atom. The average molecular weight is 303 g/mol. The Kier molecular flexibility index (Phi) is 5.72. The van der Waals surface area contributed by atoms with Crippen LogP contribution in [0.2, 0.25) is 10.0 Å². The molecule has 102 valence electrons. The van der Waals surface area contributed by atoms with Gasteiger partial charge in [-0.2, -0.15) is 13.2 Å². The second kappa shape index (κ2) is 6.61. The molecule has 0 bridgehead atoms. The molecule has 0 heterocycles. The lowest BCUT2D eigenvalue weighted by Gasteiger charge is -2.13. The summed E-state index contributed by atoms with van der Waals surface area (Å²) in [5.41, 5.74) is 0.674. The molecule has 0 aliphatic heterocycles. The van der Waals surface area contributed by atoms with Gasteiger partial charge in [-0.15, -0.1) is 0 Å². The fourth-order valence-corrected chi connectivity index (χ4v) is 1.63.